The molecule has 0 bridgehead atoms. The molecule has 4 rings (SSSR count). The highest BCUT2D eigenvalue weighted by molar-refractivity contribution is 7.17. The zero-order valence-electron chi connectivity index (χ0n) is 14.8. The quantitative estimate of drug-likeness (QED) is 0.540. The fourth-order valence-electron chi connectivity index (χ4n) is 2.93. The van der Waals surface area contributed by atoms with Crippen molar-refractivity contribution < 1.29 is 14.2 Å². The Morgan fingerprint density at radius 2 is 1.89 bits per heavy atom. The third-order valence-electron chi connectivity index (χ3n) is 4.31. The van der Waals surface area contributed by atoms with Gasteiger partial charge in [-0.1, -0.05) is 30.3 Å². The smallest absolute Gasteiger partial charge is 0.262 e. The van der Waals surface area contributed by atoms with Gasteiger partial charge >= 0.3 is 0 Å². The highest BCUT2D eigenvalue weighted by Crippen LogP contribution is 2.30. The molecule has 0 radical (unpaired) electrons. The van der Waals surface area contributed by atoms with Crippen LogP contribution in [0.4, 0.5) is 4.39 Å². The third-order valence-corrected chi connectivity index (χ3v) is 5.20. The number of hydrogen-bond acceptors (Lipinski definition) is 5. The maximum atomic E-state index is 13.0. The molecule has 28 heavy (non-hydrogen) atoms. The molecule has 0 aliphatic rings. The third kappa shape index (κ3) is 3.81. The summed E-state index contributed by atoms with van der Waals surface area (Å²) < 4.78 is 19.8. The van der Waals surface area contributed by atoms with Gasteiger partial charge in [-0.2, -0.15) is 0 Å². The van der Waals surface area contributed by atoms with E-state index in [1.165, 1.54) is 46.5 Å². The van der Waals surface area contributed by atoms with Gasteiger partial charge in [0.15, 0.2) is 0 Å². The Bertz CT molecular complexity index is 1140. The van der Waals surface area contributed by atoms with Crippen LogP contribution in [0.25, 0.3) is 21.3 Å². The molecule has 1 unspecified atom stereocenters. The van der Waals surface area contributed by atoms with E-state index in [4.69, 9.17) is 4.74 Å². The maximum Gasteiger partial charge on any atom is 0.262 e. The number of aromatic nitrogens is 2. The summed E-state index contributed by atoms with van der Waals surface area (Å²) in [4.78, 5) is 18.0. The summed E-state index contributed by atoms with van der Waals surface area (Å²) in [5.41, 5.74) is 1.58. The number of aliphatic hydroxyl groups is 1. The van der Waals surface area contributed by atoms with Crippen molar-refractivity contribution >= 4 is 21.6 Å². The molecule has 5 nitrogen and oxygen atoms in total. The van der Waals surface area contributed by atoms with Gasteiger partial charge in [0.1, 0.15) is 29.1 Å². The van der Waals surface area contributed by atoms with E-state index in [0.717, 1.165) is 11.1 Å². The van der Waals surface area contributed by atoms with Crippen molar-refractivity contribution in [1.29, 1.82) is 0 Å². The molecular formula is C21H17FN2O3S. The van der Waals surface area contributed by atoms with Crippen LogP contribution < -0.4 is 10.3 Å². The van der Waals surface area contributed by atoms with Crippen molar-refractivity contribution in [2.24, 2.45) is 0 Å². The minimum Gasteiger partial charge on any atom is -0.491 e. The van der Waals surface area contributed by atoms with E-state index < -0.39 is 6.10 Å². The predicted octanol–water partition coefficient (Wildman–Crippen LogP) is 3.70. The van der Waals surface area contributed by atoms with Crippen LogP contribution in [-0.2, 0) is 6.54 Å². The van der Waals surface area contributed by atoms with Crippen molar-refractivity contribution in [1.82, 2.24) is 9.55 Å². The monoisotopic (exact) mass is 396 g/mol. The lowest BCUT2D eigenvalue weighted by Crippen LogP contribution is -2.30. The number of benzene rings is 2. The van der Waals surface area contributed by atoms with E-state index in [1.54, 1.807) is 0 Å². The molecular weight excluding hydrogens is 379 g/mol. The van der Waals surface area contributed by atoms with Crippen LogP contribution in [0.5, 0.6) is 5.75 Å². The molecule has 0 saturated carbocycles. The molecule has 1 atom stereocenters. The first-order valence-electron chi connectivity index (χ1n) is 8.70. The molecule has 1 N–H and O–H groups in total. The van der Waals surface area contributed by atoms with E-state index in [2.05, 4.69) is 4.98 Å². The fourth-order valence-corrected chi connectivity index (χ4v) is 3.84. The maximum absolute atomic E-state index is 13.0. The first-order chi connectivity index (χ1) is 13.6. The number of hydrogen-bond donors (Lipinski definition) is 1. The molecule has 0 aliphatic carbocycles. The molecule has 2 heterocycles. The average Bonchev–Trinajstić information content (AvgIpc) is 3.15. The van der Waals surface area contributed by atoms with Crippen molar-refractivity contribution in [3.05, 3.63) is 82.5 Å². The highest BCUT2D eigenvalue weighted by Gasteiger charge is 2.15. The summed E-state index contributed by atoms with van der Waals surface area (Å²) in [5, 5.41) is 12.7. The van der Waals surface area contributed by atoms with E-state index in [9.17, 15) is 14.3 Å². The zero-order chi connectivity index (χ0) is 19.5. The number of ether oxygens (including phenoxy) is 1. The minimum absolute atomic E-state index is 0.0225. The molecule has 0 saturated heterocycles. The number of rotatable bonds is 6. The van der Waals surface area contributed by atoms with Crippen molar-refractivity contribution in [3.63, 3.8) is 0 Å². The van der Waals surface area contributed by atoms with Crippen LogP contribution in [0.1, 0.15) is 0 Å². The van der Waals surface area contributed by atoms with Gasteiger partial charge < -0.3 is 9.84 Å². The second-order valence-electron chi connectivity index (χ2n) is 6.32. The largest absolute Gasteiger partial charge is 0.491 e. The van der Waals surface area contributed by atoms with Gasteiger partial charge in [0, 0.05) is 10.9 Å². The second-order valence-corrected chi connectivity index (χ2v) is 7.17. The first kappa shape index (κ1) is 18.3. The molecule has 142 valence electrons. The topological polar surface area (TPSA) is 64.4 Å². The van der Waals surface area contributed by atoms with Gasteiger partial charge in [-0.25, -0.2) is 9.37 Å². The van der Waals surface area contributed by atoms with Gasteiger partial charge in [-0.05, 0) is 29.8 Å². The Kier molecular flexibility index (Phi) is 5.18. The summed E-state index contributed by atoms with van der Waals surface area (Å²) >= 11 is 1.42. The number of aliphatic hydroxyl groups excluding tert-OH is 1. The van der Waals surface area contributed by atoms with Gasteiger partial charge in [-0.3, -0.25) is 9.36 Å². The Labute approximate surface area is 164 Å². The fraction of sp³-hybridized carbons (Fsp3) is 0.143. The summed E-state index contributed by atoms with van der Waals surface area (Å²) in [6.07, 6.45) is 0.526. The normalized spacial score (nSPS) is 12.2. The summed E-state index contributed by atoms with van der Waals surface area (Å²) in [5.74, 6) is 0.0920. The molecule has 2 aromatic heterocycles. The van der Waals surface area contributed by atoms with Gasteiger partial charge in [0.05, 0.1) is 18.3 Å². The lowest BCUT2D eigenvalue weighted by molar-refractivity contribution is 0.0914. The standard InChI is InChI=1S/C21H17FN2O3S/c22-15-6-8-17(9-7-15)27-11-16(25)10-24-13-23-20-19(21(24)26)18(12-28-20)14-4-2-1-3-5-14/h1-9,12-13,16,25H,10-11H2. The Morgan fingerprint density at radius 1 is 1.14 bits per heavy atom. The predicted molar refractivity (Wildman–Crippen MR) is 107 cm³/mol. The lowest BCUT2D eigenvalue weighted by atomic mass is 10.1. The summed E-state index contributed by atoms with van der Waals surface area (Å²) in [7, 11) is 0. The minimum atomic E-state index is -0.916. The molecule has 0 aliphatic heterocycles. The first-order valence-corrected chi connectivity index (χ1v) is 9.58. The van der Waals surface area contributed by atoms with E-state index in [-0.39, 0.29) is 24.5 Å². The van der Waals surface area contributed by atoms with Crippen LogP contribution in [0.3, 0.4) is 0 Å². The van der Waals surface area contributed by atoms with E-state index in [1.807, 2.05) is 35.7 Å². The van der Waals surface area contributed by atoms with Crippen LogP contribution in [-0.4, -0.2) is 27.4 Å². The van der Waals surface area contributed by atoms with Crippen molar-refractivity contribution in [3.8, 4) is 16.9 Å². The SMILES string of the molecule is O=c1c2c(-c3ccccc3)csc2ncn1CC(O)COc1ccc(F)cc1. The van der Waals surface area contributed by atoms with Crippen molar-refractivity contribution in [2.45, 2.75) is 12.6 Å². The highest BCUT2D eigenvalue weighted by atomic mass is 32.1. The molecule has 4 aromatic rings. The molecule has 7 heteroatoms. The molecule has 0 spiro atoms. The van der Waals surface area contributed by atoms with Crippen LogP contribution in [0, 0.1) is 5.82 Å². The molecule has 0 amide bonds. The Hall–Kier alpha value is -3.03. The lowest BCUT2D eigenvalue weighted by Gasteiger charge is -2.14. The van der Waals surface area contributed by atoms with Gasteiger partial charge in [0.25, 0.3) is 5.56 Å². The number of nitrogens with zero attached hydrogens (tertiary/aromatic N) is 2. The van der Waals surface area contributed by atoms with Gasteiger partial charge in [0.2, 0.25) is 0 Å². The number of halogens is 1. The van der Waals surface area contributed by atoms with E-state index in [0.29, 0.717) is 16.0 Å². The van der Waals surface area contributed by atoms with Gasteiger partial charge in [-0.15, -0.1) is 11.3 Å². The van der Waals surface area contributed by atoms with E-state index >= 15 is 0 Å². The number of fused-ring (bicyclic) bond motifs is 1. The second kappa shape index (κ2) is 7.92. The average molecular weight is 396 g/mol. The Balaban J connectivity index is 1.54. The summed E-state index contributed by atoms with van der Waals surface area (Å²) in [6.45, 7) is 0.0261. The molecule has 0 fully saturated rings. The summed E-state index contributed by atoms with van der Waals surface area (Å²) in [6, 6.07) is 15.2. The molecule has 2 aromatic carbocycles. The zero-order valence-corrected chi connectivity index (χ0v) is 15.6. The van der Waals surface area contributed by atoms with Crippen LogP contribution in [0.15, 0.2) is 71.1 Å². The van der Waals surface area contributed by atoms with Crippen LogP contribution in [0.2, 0.25) is 0 Å². The van der Waals surface area contributed by atoms with Crippen LogP contribution >= 0.6 is 11.3 Å². The Morgan fingerprint density at radius 3 is 2.64 bits per heavy atom. The van der Waals surface area contributed by atoms with Crippen molar-refractivity contribution in [2.75, 3.05) is 6.61 Å². The number of thiophene rings is 1.